The van der Waals surface area contributed by atoms with Crippen LogP contribution in [-0.4, -0.2) is 37.2 Å². The second-order valence-corrected chi connectivity index (χ2v) is 8.60. The molecule has 2 aromatic carbocycles. The summed E-state index contributed by atoms with van der Waals surface area (Å²) in [6, 6.07) is 6.11. The molecule has 28 heavy (non-hydrogen) atoms. The minimum Gasteiger partial charge on any atom is -0.508 e. The fourth-order valence-corrected chi connectivity index (χ4v) is 6.00. The van der Waals surface area contributed by atoms with Gasteiger partial charge in [-0.05, 0) is 49.8 Å². The molecule has 6 heteroatoms. The maximum atomic E-state index is 11.3. The topological polar surface area (TPSA) is 110 Å². The van der Waals surface area contributed by atoms with Crippen LogP contribution in [0.1, 0.15) is 48.3 Å². The third kappa shape index (κ3) is 1.96. The number of aliphatic hydroxyl groups excluding tert-OH is 1. The molecule has 0 amide bonds. The number of hydrogen-bond acceptors (Lipinski definition) is 6. The molecule has 0 radical (unpaired) electrons. The predicted octanol–water partition coefficient (Wildman–Crippen LogP) is 3.21. The van der Waals surface area contributed by atoms with E-state index in [1.54, 1.807) is 13.0 Å². The van der Waals surface area contributed by atoms with E-state index in [0.29, 0.717) is 23.3 Å². The lowest BCUT2D eigenvalue weighted by Gasteiger charge is -2.70. The normalized spacial score (nSPS) is 33.1. The molecule has 1 heterocycles. The van der Waals surface area contributed by atoms with E-state index in [2.05, 4.69) is 0 Å². The van der Waals surface area contributed by atoms with Crippen molar-refractivity contribution >= 4 is 0 Å². The fourth-order valence-electron chi connectivity index (χ4n) is 6.00. The summed E-state index contributed by atoms with van der Waals surface area (Å²) in [6.07, 6.45) is 3.24. The zero-order valence-corrected chi connectivity index (χ0v) is 15.6. The maximum absolute atomic E-state index is 11.3. The van der Waals surface area contributed by atoms with Gasteiger partial charge in [-0.15, -0.1) is 0 Å². The van der Waals surface area contributed by atoms with Crippen molar-refractivity contribution in [3.8, 4) is 28.7 Å². The average Bonchev–Trinajstić information content (AvgIpc) is 2.64. The average molecular weight is 384 g/mol. The number of hydrogen-bond donors (Lipinski definition) is 5. The van der Waals surface area contributed by atoms with Gasteiger partial charge in [-0.1, -0.05) is 12.5 Å². The van der Waals surface area contributed by atoms with Crippen LogP contribution in [-0.2, 0) is 6.42 Å². The summed E-state index contributed by atoms with van der Waals surface area (Å²) in [7, 11) is 0. The number of phenols is 4. The van der Waals surface area contributed by atoms with E-state index in [9.17, 15) is 25.5 Å². The number of ether oxygens (including phenoxy) is 1. The highest BCUT2D eigenvalue weighted by molar-refractivity contribution is 5.56. The molecule has 5 N–H and O–H groups in total. The Balaban J connectivity index is 1.67. The molecule has 2 fully saturated rings. The van der Waals surface area contributed by atoms with Crippen molar-refractivity contribution in [3.63, 3.8) is 0 Å². The van der Waals surface area contributed by atoms with Gasteiger partial charge in [0.25, 0.3) is 0 Å². The lowest BCUT2D eigenvalue weighted by atomic mass is 9.40. The summed E-state index contributed by atoms with van der Waals surface area (Å²) in [5.74, 6) is -0.363. The van der Waals surface area contributed by atoms with Crippen LogP contribution in [0, 0.1) is 12.3 Å². The van der Waals surface area contributed by atoms with Crippen LogP contribution in [0.15, 0.2) is 24.3 Å². The van der Waals surface area contributed by atoms with E-state index in [0.717, 1.165) is 31.2 Å². The molecule has 4 unspecified atom stereocenters. The predicted molar refractivity (Wildman–Crippen MR) is 101 cm³/mol. The number of aliphatic hydroxyl groups is 1. The van der Waals surface area contributed by atoms with E-state index in [4.69, 9.17) is 4.74 Å². The van der Waals surface area contributed by atoms with Gasteiger partial charge < -0.3 is 30.3 Å². The van der Waals surface area contributed by atoms with Crippen LogP contribution in [0.25, 0.3) is 0 Å². The highest BCUT2D eigenvalue weighted by Gasteiger charge is 2.75. The van der Waals surface area contributed by atoms with E-state index < -0.39 is 17.1 Å². The molecular formula is C22H24O6. The molecule has 2 aliphatic carbocycles. The van der Waals surface area contributed by atoms with Crippen LogP contribution in [0.3, 0.4) is 0 Å². The highest BCUT2D eigenvalue weighted by Crippen LogP contribution is 2.71. The van der Waals surface area contributed by atoms with E-state index in [1.807, 2.05) is 0 Å². The van der Waals surface area contributed by atoms with Gasteiger partial charge in [0.2, 0.25) is 0 Å². The standard InChI is InChI=1S/C22H24O6/c1-11-6-12(7-16(25)19(11)26)18-20(27)21-4-2-3-5-22(18,21)28-17-9-13(23)8-15(24)14(17)10-21/h6-9,18,20,23-27H,2-5,10H2,1H3. The van der Waals surface area contributed by atoms with Gasteiger partial charge in [0.05, 0.1) is 12.0 Å². The Morgan fingerprint density at radius 3 is 2.46 bits per heavy atom. The molecule has 3 aliphatic rings. The molecular weight excluding hydrogens is 360 g/mol. The molecule has 1 aliphatic heterocycles. The molecule has 0 aromatic heterocycles. The molecule has 5 rings (SSSR count). The van der Waals surface area contributed by atoms with Crippen LogP contribution >= 0.6 is 0 Å². The summed E-state index contributed by atoms with van der Waals surface area (Å²) in [5.41, 5.74) is 0.702. The number of fused-ring (bicyclic) bond motifs is 1. The number of phenolic OH excluding ortho intramolecular Hbond substituents is 4. The fraction of sp³-hybridized carbons (Fsp3) is 0.455. The number of rotatable bonds is 1. The lowest BCUT2D eigenvalue weighted by molar-refractivity contribution is -0.274. The number of aryl methyl sites for hydroxylation is 1. The first-order valence-corrected chi connectivity index (χ1v) is 9.73. The van der Waals surface area contributed by atoms with Crippen molar-refractivity contribution in [2.75, 3.05) is 0 Å². The lowest BCUT2D eigenvalue weighted by Crippen LogP contribution is -2.77. The van der Waals surface area contributed by atoms with E-state index in [-0.39, 0.29) is 28.9 Å². The van der Waals surface area contributed by atoms with Crippen LogP contribution in [0.2, 0.25) is 0 Å². The summed E-state index contributed by atoms with van der Waals surface area (Å²) in [6.45, 7) is 1.71. The highest BCUT2D eigenvalue weighted by atomic mass is 16.5. The van der Waals surface area contributed by atoms with Gasteiger partial charge in [0, 0.05) is 23.1 Å². The van der Waals surface area contributed by atoms with Crippen LogP contribution in [0.5, 0.6) is 28.7 Å². The second-order valence-electron chi connectivity index (χ2n) is 8.60. The molecule has 0 bridgehead atoms. The van der Waals surface area contributed by atoms with Crippen molar-refractivity contribution in [2.24, 2.45) is 5.41 Å². The minimum absolute atomic E-state index is 0.0164. The second kappa shape index (κ2) is 5.47. The van der Waals surface area contributed by atoms with Crippen molar-refractivity contribution in [2.45, 2.75) is 56.7 Å². The Bertz CT molecular complexity index is 962. The Hall–Kier alpha value is -2.60. The third-order valence-electron chi connectivity index (χ3n) is 7.26. The van der Waals surface area contributed by atoms with Crippen molar-refractivity contribution in [1.82, 2.24) is 0 Å². The van der Waals surface area contributed by atoms with Crippen LogP contribution < -0.4 is 4.74 Å². The molecule has 2 saturated carbocycles. The Morgan fingerprint density at radius 1 is 0.964 bits per heavy atom. The van der Waals surface area contributed by atoms with Gasteiger partial charge in [0.1, 0.15) is 22.8 Å². The molecule has 0 saturated heterocycles. The summed E-state index contributed by atoms with van der Waals surface area (Å²) >= 11 is 0. The van der Waals surface area contributed by atoms with Crippen LogP contribution in [0.4, 0.5) is 0 Å². The zero-order chi connectivity index (χ0) is 19.8. The molecule has 148 valence electrons. The van der Waals surface area contributed by atoms with Crippen molar-refractivity contribution in [1.29, 1.82) is 0 Å². The Kier molecular flexibility index (Phi) is 3.42. The van der Waals surface area contributed by atoms with E-state index >= 15 is 0 Å². The quantitative estimate of drug-likeness (QED) is 0.483. The van der Waals surface area contributed by atoms with Gasteiger partial charge >= 0.3 is 0 Å². The summed E-state index contributed by atoms with van der Waals surface area (Å²) in [5, 5.41) is 51.6. The number of benzene rings is 2. The first-order valence-electron chi connectivity index (χ1n) is 9.73. The number of aromatic hydroxyl groups is 4. The summed E-state index contributed by atoms with van der Waals surface area (Å²) < 4.78 is 6.50. The smallest absolute Gasteiger partial charge is 0.160 e. The monoisotopic (exact) mass is 384 g/mol. The van der Waals surface area contributed by atoms with E-state index in [1.165, 1.54) is 18.2 Å². The first-order chi connectivity index (χ1) is 13.3. The Morgan fingerprint density at radius 2 is 1.71 bits per heavy atom. The SMILES string of the molecule is Cc1cc(C2C(O)C34CCCCC23Oc2cc(O)cc(O)c2C4)cc(O)c1O. The third-order valence-corrected chi connectivity index (χ3v) is 7.26. The molecule has 4 atom stereocenters. The zero-order valence-electron chi connectivity index (χ0n) is 15.6. The molecule has 6 nitrogen and oxygen atoms in total. The van der Waals surface area contributed by atoms with Gasteiger partial charge in [-0.25, -0.2) is 0 Å². The molecule has 2 aromatic rings. The van der Waals surface area contributed by atoms with Gasteiger partial charge in [-0.3, -0.25) is 0 Å². The first kappa shape index (κ1) is 17.5. The minimum atomic E-state index is -0.697. The van der Waals surface area contributed by atoms with Crippen molar-refractivity contribution in [3.05, 3.63) is 41.0 Å². The molecule has 0 spiro atoms. The van der Waals surface area contributed by atoms with Gasteiger partial charge in [-0.2, -0.15) is 0 Å². The van der Waals surface area contributed by atoms with Gasteiger partial charge in [0.15, 0.2) is 11.5 Å². The Labute approximate surface area is 162 Å². The largest absolute Gasteiger partial charge is 0.508 e. The summed E-state index contributed by atoms with van der Waals surface area (Å²) in [4.78, 5) is 0. The maximum Gasteiger partial charge on any atom is 0.160 e. The van der Waals surface area contributed by atoms with Crippen molar-refractivity contribution < 1.29 is 30.3 Å².